The average Bonchev–Trinajstić information content (AvgIpc) is 3.37. The first kappa shape index (κ1) is 22.0. The van der Waals surface area contributed by atoms with E-state index in [0.29, 0.717) is 35.6 Å². The summed E-state index contributed by atoms with van der Waals surface area (Å²) in [5.74, 6) is 0.0409. The maximum Gasteiger partial charge on any atom is 0.324 e. The molecule has 1 saturated heterocycles. The summed E-state index contributed by atoms with van der Waals surface area (Å²) in [6.07, 6.45) is 0. The van der Waals surface area contributed by atoms with E-state index in [1.165, 1.54) is 25.3 Å². The largest absolute Gasteiger partial charge is 0.495 e. The van der Waals surface area contributed by atoms with Gasteiger partial charge >= 0.3 is 6.03 Å². The van der Waals surface area contributed by atoms with E-state index < -0.39 is 21.3 Å². The minimum absolute atomic E-state index is 0.00128. The Morgan fingerprint density at radius 1 is 1.31 bits per heavy atom. The van der Waals surface area contributed by atoms with E-state index >= 15 is 0 Å². The van der Waals surface area contributed by atoms with Gasteiger partial charge in [0.2, 0.25) is 5.91 Å². The molecule has 1 fully saturated rings. The van der Waals surface area contributed by atoms with E-state index in [4.69, 9.17) is 9.15 Å². The number of hydrogen-bond acceptors (Lipinski definition) is 8. The number of methoxy groups -OCH3 is 1. The predicted octanol–water partition coefficient (Wildman–Crippen LogP) is 2.67. The number of para-hydroxylation sites is 2. The lowest BCUT2D eigenvalue weighted by atomic mass is 10.3. The number of imide groups is 1. The van der Waals surface area contributed by atoms with Gasteiger partial charge in [-0.1, -0.05) is 23.9 Å². The van der Waals surface area contributed by atoms with Crippen LogP contribution in [0.2, 0.25) is 0 Å². The Balaban J connectivity index is 1.53. The zero-order valence-corrected chi connectivity index (χ0v) is 18.8. The van der Waals surface area contributed by atoms with Gasteiger partial charge in [0.15, 0.2) is 5.58 Å². The molecule has 1 atom stereocenters. The van der Waals surface area contributed by atoms with Gasteiger partial charge in [0.25, 0.3) is 15.2 Å². The molecule has 0 bridgehead atoms. The number of rotatable bonds is 7. The molecule has 2 aromatic carbocycles. The van der Waals surface area contributed by atoms with Crippen molar-refractivity contribution in [2.75, 3.05) is 24.9 Å². The molecule has 3 aromatic rings. The van der Waals surface area contributed by atoms with Crippen molar-refractivity contribution in [2.45, 2.75) is 22.3 Å². The lowest BCUT2D eigenvalue weighted by Crippen LogP contribution is -2.38. The fraction of sp³-hybridized carbons (Fsp3) is 0.250. The number of benzene rings is 2. The van der Waals surface area contributed by atoms with Gasteiger partial charge in [-0.3, -0.25) is 14.4 Å². The second-order valence-electron chi connectivity index (χ2n) is 6.90. The van der Waals surface area contributed by atoms with Gasteiger partial charge in [0, 0.05) is 13.1 Å². The first-order chi connectivity index (χ1) is 15.3. The first-order valence-corrected chi connectivity index (χ1v) is 12.0. The highest BCUT2D eigenvalue weighted by Crippen LogP contribution is 2.30. The standard InChI is InChI=1S/C20H20N4O6S2/c1-12(18(25)24-10-9-21-19(24)26)31-20-22-15-11-13(7-8-17(15)30-20)32(27,28)23-14-5-3-4-6-16(14)29-2/h3-8,11-12,23H,9-10H2,1-2H3,(H,21,26)/t12-/m0/s1. The number of hydrogen-bond donors (Lipinski definition) is 2. The van der Waals surface area contributed by atoms with Crippen molar-refractivity contribution in [3.05, 3.63) is 42.5 Å². The van der Waals surface area contributed by atoms with E-state index in [2.05, 4.69) is 15.0 Å². The number of nitrogens with one attached hydrogen (secondary N) is 2. The number of sulfonamides is 1. The SMILES string of the molecule is COc1ccccc1NS(=O)(=O)c1ccc2oc(S[C@@H](C)C(=O)N3CCNC3=O)nc2c1. The summed E-state index contributed by atoms with van der Waals surface area (Å²) in [6, 6.07) is 10.6. The molecule has 0 unspecified atom stereocenters. The fourth-order valence-electron chi connectivity index (χ4n) is 3.14. The summed E-state index contributed by atoms with van der Waals surface area (Å²) in [4.78, 5) is 29.6. The van der Waals surface area contributed by atoms with Crippen LogP contribution < -0.4 is 14.8 Å². The van der Waals surface area contributed by atoms with Crippen LogP contribution in [0.5, 0.6) is 5.75 Å². The Hall–Kier alpha value is -3.25. The number of amides is 3. The molecular formula is C20H20N4O6S2. The molecule has 0 radical (unpaired) electrons. The van der Waals surface area contributed by atoms with Crippen LogP contribution in [-0.4, -0.2) is 55.7 Å². The number of thioether (sulfide) groups is 1. The summed E-state index contributed by atoms with van der Waals surface area (Å²) in [5.41, 5.74) is 1.01. The van der Waals surface area contributed by atoms with Crippen LogP contribution in [0.4, 0.5) is 10.5 Å². The van der Waals surface area contributed by atoms with Crippen LogP contribution in [0.15, 0.2) is 57.0 Å². The van der Waals surface area contributed by atoms with Crippen molar-refractivity contribution in [1.29, 1.82) is 0 Å². The molecule has 32 heavy (non-hydrogen) atoms. The van der Waals surface area contributed by atoms with Crippen LogP contribution in [0.3, 0.4) is 0 Å². The minimum Gasteiger partial charge on any atom is -0.495 e. The number of carbonyl (C=O) groups excluding carboxylic acids is 2. The second-order valence-corrected chi connectivity index (χ2v) is 9.87. The molecule has 0 saturated carbocycles. The Morgan fingerprint density at radius 3 is 2.81 bits per heavy atom. The van der Waals surface area contributed by atoms with E-state index in [1.54, 1.807) is 31.2 Å². The van der Waals surface area contributed by atoms with Gasteiger partial charge in [-0.25, -0.2) is 18.2 Å². The van der Waals surface area contributed by atoms with Crippen LogP contribution >= 0.6 is 11.8 Å². The third-order valence-electron chi connectivity index (χ3n) is 4.75. The molecule has 0 spiro atoms. The fourth-order valence-corrected chi connectivity index (χ4v) is 5.05. The van der Waals surface area contributed by atoms with Crippen molar-refractivity contribution in [1.82, 2.24) is 15.2 Å². The summed E-state index contributed by atoms with van der Waals surface area (Å²) in [7, 11) is -2.45. The van der Waals surface area contributed by atoms with Gasteiger partial charge in [-0.2, -0.15) is 0 Å². The van der Waals surface area contributed by atoms with Crippen molar-refractivity contribution < 1.29 is 27.2 Å². The smallest absolute Gasteiger partial charge is 0.324 e. The van der Waals surface area contributed by atoms with E-state index in [1.807, 2.05) is 0 Å². The quantitative estimate of drug-likeness (QED) is 0.498. The number of oxazole rings is 1. The van der Waals surface area contributed by atoms with Gasteiger partial charge < -0.3 is 14.5 Å². The number of aromatic nitrogens is 1. The Morgan fingerprint density at radius 2 is 2.09 bits per heavy atom. The summed E-state index contributed by atoms with van der Waals surface area (Å²) < 4.78 is 39.0. The van der Waals surface area contributed by atoms with Crippen molar-refractivity contribution in [3.8, 4) is 5.75 Å². The highest BCUT2D eigenvalue weighted by Gasteiger charge is 2.31. The number of urea groups is 1. The van der Waals surface area contributed by atoms with Crippen LogP contribution in [0.25, 0.3) is 11.1 Å². The number of nitrogens with zero attached hydrogens (tertiary/aromatic N) is 2. The molecule has 168 valence electrons. The summed E-state index contributed by atoms with van der Waals surface area (Å²) in [6.45, 7) is 2.39. The Labute approximate surface area is 188 Å². The van der Waals surface area contributed by atoms with E-state index in [-0.39, 0.29) is 16.0 Å². The van der Waals surface area contributed by atoms with E-state index in [0.717, 1.165) is 16.7 Å². The number of carbonyl (C=O) groups is 2. The normalized spacial score (nSPS) is 14.9. The Kier molecular flexibility index (Phi) is 5.98. The molecule has 12 heteroatoms. The number of anilines is 1. The van der Waals surface area contributed by atoms with Gasteiger partial charge in [-0.05, 0) is 37.3 Å². The van der Waals surface area contributed by atoms with Crippen molar-refractivity contribution in [3.63, 3.8) is 0 Å². The molecule has 0 aliphatic carbocycles. The third-order valence-corrected chi connectivity index (χ3v) is 7.04. The van der Waals surface area contributed by atoms with Crippen molar-refractivity contribution >= 4 is 50.5 Å². The maximum absolute atomic E-state index is 12.8. The monoisotopic (exact) mass is 476 g/mol. The average molecular weight is 477 g/mol. The van der Waals surface area contributed by atoms with Crippen LogP contribution in [-0.2, 0) is 14.8 Å². The van der Waals surface area contributed by atoms with E-state index in [9.17, 15) is 18.0 Å². The van der Waals surface area contributed by atoms with Gasteiger partial charge in [0.05, 0.1) is 22.9 Å². The molecule has 10 nitrogen and oxygen atoms in total. The predicted molar refractivity (Wildman–Crippen MR) is 118 cm³/mol. The van der Waals surface area contributed by atoms with Crippen molar-refractivity contribution in [2.24, 2.45) is 0 Å². The number of ether oxygens (including phenoxy) is 1. The summed E-state index contributed by atoms with van der Waals surface area (Å²) in [5, 5.41) is 2.18. The lowest BCUT2D eigenvalue weighted by Gasteiger charge is -2.15. The molecular weight excluding hydrogens is 456 g/mol. The van der Waals surface area contributed by atoms with Crippen LogP contribution in [0.1, 0.15) is 6.92 Å². The van der Waals surface area contributed by atoms with Gasteiger partial charge in [0.1, 0.15) is 11.3 Å². The zero-order chi connectivity index (χ0) is 22.9. The molecule has 3 amide bonds. The molecule has 4 rings (SSSR count). The van der Waals surface area contributed by atoms with Crippen LogP contribution in [0, 0.1) is 0 Å². The molecule has 1 aromatic heterocycles. The maximum atomic E-state index is 12.8. The summed E-state index contributed by atoms with van der Waals surface area (Å²) >= 11 is 1.06. The zero-order valence-electron chi connectivity index (χ0n) is 17.2. The molecule has 2 N–H and O–H groups in total. The lowest BCUT2D eigenvalue weighted by molar-refractivity contribution is -0.126. The minimum atomic E-state index is -3.91. The number of fused-ring (bicyclic) bond motifs is 1. The second kappa shape index (κ2) is 8.71. The topological polar surface area (TPSA) is 131 Å². The molecule has 1 aliphatic rings. The third kappa shape index (κ3) is 4.36. The highest BCUT2D eigenvalue weighted by atomic mass is 32.2. The Bertz CT molecular complexity index is 1290. The van der Waals surface area contributed by atoms with Gasteiger partial charge in [-0.15, -0.1) is 0 Å². The first-order valence-electron chi connectivity index (χ1n) is 9.61. The molecule has 1 aliphatic heterocycles. The highest BCUT2D eigenvalue weighted by molar-refractivity contribution is 8.00. The molecule has 2 heterocycles.